The maximum atomic E-state index is 16.9. The third kappa shape index (κ3) is 2.08. The molecule has 0 aromatic heterocycles. The monoisotopic (exact) mass is 410 g/mol. The van der Waals surface area contributed by atoms with Crippen molar-refractivity contribution in [2.45, 2.75) is 63.8 Å². The highest BCUT2D eigenvalue weighted by molar-refractivity contribution is 6.29. The number of carbonyl (C=O) groups is 2. The molecule has 0 bridgehead atoms. The first-order valence-corrected chi connectivity index (χ1v) is 10.6. The number of halogens is 2. The Hall–Kier alpha value is -1.04. The topological polar surface area (TPSA) is 74.6 Å². The highest BCUT2D eigenvalue weighted by Gasteiger charge is 2.75. The molecule has 6 heteroatoms. The molecule has 4 aliphatic carbocycles. The van der Waals surface area contributed by atoms with Gasteiger partial charge in [0.25, 0.3) is 0 Å². The third-order valence-corrected chi connectivity index (χ3v) is 9.01. The summed E-state index contributed by atoms with van der Waals surface area (Å²) in [6, 6.07) is 0. The average molecular weight is 411 g/mol. The fraction of sp³-hybridized carbons (Fsp3) is 0.727. The number of carbonyl (C=O) groups excluding carboxylic acids is 2. The molecule has 154 valence electrons. The Labute approximate surface area is 169 Å². The number of rotatable bonds is 2. The van der Waals surface area contributed by atoms with E-state index in [-0.39, 0.29) is 29.9 Å². The van der Waals surface area contributed by atoms with Crippen LogP contribution in [-0.2, 0) is 9.59 Å². The minimum Gasteiger partial charge on any atom is -0.390 e. The molecule has 0 saturated heterocycles. The van der Waals surface area contributed by atoms with Crippen molar-refractivity contribution in [1.29, 1.82) is 0 Å². The van der Waals surface area contributed by atoms with Crippen LogP contribution in [0.1, 0.15) is 46.5 Å². The molecule has 0 aliphatic heterocycles. The first kappa shape index (κ1) is 20.2. The van der Waals surface area contributed by atoms with E-state index in [1.165, 1.54) is 12.2 Å². The lowest BCUT2D eigenvalue weighted by Crippen LogP contribution is -2.69. The largest absolute Gasteiger partial charge is 0.390 e. The second-order valence-electron chi connectivity index (χ2n) is 9.72. The van der Waals surface area contributed by atoms with Crippen molar-refractivity contribution in [3.8, 4) is 0 Å². The lowest BCUT2D eigenvalue weighted by atomic mass is 9.44. The van der Waals surface area contributed by atoms with E-state index < -0.39 is 39.9 Å². The second-order valence-corrected chi connectivity index (χ2v) is 9.99. The van der Waals surface area contributed by atoms with E-state index in [4.69, 9.17) is 11.6 Å². The fourth-order valence-corrected chi connectivity index (χ4v) is 7.45. The van der Waals surface area contributed by atoms with Crippen LogP contribution >= 0.6 is 11.6 Å². The summed E-state index contributed by atoms with van der Waals surface area (Å²) in [6.07, 6.45) is 4.69. The van der Waals surface area contributed by atoms with Crippen LogP contribution in [0.5, 0.6) is 0 Å². The molecular weight excluding hydrogens is 383 g/mol. The highest BCUT2D eigenvalue weighted by Crippen LogP contribution is 2.70. The van der Waals surface area contributed by atoms with E-state index in [1.807, 2.05) is 13.8 Å². The molecule has 2 N–H and O–H groups in total. The van der Waals surface area contributed by atoms with Crippen molar-refractivity contribution in [2.24, 2.45) is 28.6 Å². The number of allylic oxidation sites excluding steroid dienone is 4. The minimum absolute atomic E-state index is 0.0151. The Balaban J connectivity index is 1.84. The highest BCUT2D eigenvalue weighted by atomic mass is 35.5. The molecule has 0 heterocycles. The summed E-state index contributed by atoms with van der Waals surface area (Å²) in [4.78, 5) is 24.5. The lowest BCUT2D eigenvalue weighted by molar-refractivity contribution is -0.218. The van der Waals surface area contributed by atoms with Gasteiger partial charge < -0.3 is 10.2 Å². The van der Waals surface area contributed by atoms with Gasteiger partial charge in [-0.05, 0) is 56.6 Å². The van der Waals surface area contributed by atoms with Crippen molar-refractivity contribution in [3.05, 3.63) is 23.8 Å². The normalized spacial score (nSPS) is 52.5. The van der Waals surface area contributed by atoms with Gasteiger partial charge >= 0.3 is 0 Å². The predicted molar refractivity (Wildman–Crippen MR) is 104 cm³/mol. The van der Waals surface area contributed by atoms with Crippen LogP contribution in [0.3, 0.4) is 0 Å². The van der Waals surface area contributed by atoms with E-state index in [2.05, 4.69) is 0 Å². The third-order valence-electron chi connectivity index (χ3n) is 8.77. The summed E-state index contributed by atoms with van der Waals surface area (Å²) >= 11 is 5.81. The van der Waals surface area contributed by atoms with Crippen LogP contribution in [0.25, 0.3) is 0 Å². The maximum absolute atomic E-state index is 16.9. The SMILES string of the molecule is CC1C[C@H]2[C@@H]3CCC4=CC(=O)C=C[C@]4(C)C3(F)C(O)C[C@]2(C)[C@@]1(O)C(=O)CCl. The van der Waals surface area contributed by atoms with Gasteiger partial charge in [-0.25, -0.2) is 4.39 Å². The van der Waals surface area contributed by atoms with Gasteiger partial charge in [-0.3, -0.25) is 9.59 Å². The molecule has 3 unspecified atom stereocenters. The number of hydrogen-bond donors (Lipinski definition) is 2. The molecule has 0 spiro atoms. The molecular formula is C22H28ClFO4. The van der Waals surface area contributed by atoms with Crippen LogP contribution in [0.4, 0.5) is 4.39 Å². The van der Waals surface area contributed by atoms with Crippen molar-refractivity contribution in [3.63, 3.8) is 0 Å². The number of aliphatic hydroxyl groups excluding tert-OH is 1. The number of alkyl halides is 2. The van der Waals surface area contributed by atoms with Gasteiger partial charge in [0.05, 0.1) is 12.0 Å². The number of hydrogen-bond acceptors (Lipinski definition) is 4. The van der Waals surface area contributed by atoms with Gasteiger partial charge in [0.15, 0.2) is 17.2 Å². The average Bonchev–Trinajstić information content (AvgIpc) is 2.84. The van der Waals surface area contributed by atoms with Crippen LogP contribution in [0, 0.1) is 28.6 Å². The van der Waals surface area contributed by atoms with Gasteiger partial charge in [-0.15, -0.1) is 11.6 Å². The second kappa shape index (κ2) is 5.99. The van der Waals surface area contributed by atoms with Crippen molar-refractivity contribution in [2.75, 3.05) is 5.88 Å². The van der Waals surface area contributed by atoms with Crippen LogP contribution in [0.15, 0.2) is 23.8 Å². The van der Waals surface area contributed by atoms with Gasteiger partial charge in [0.2, 0.25) is 0 Å². The molecule has 28 heavy (non-hydrogen) atoms. The van der Waals surface area contributed by atoms with E-state index in [9.17, 15) is 19.8 Å². The first-order valence-electron chi connectivity index (χ1n) is 10.1. The van der Waals surface area contributed by atoms with E-state index >= 15 is 4.39 Å². The Morgan fingerprint density at radius 2 is 2.04 bits per heavy atom. The van der Waals surface area contributed by atoms with E-state index in [1.54, 1.807) is 13.0 Å². The van der Waals surface area contributed by atoms with Crippen LogP contribution in [-0.4, -0.2) is 45.0 Å². The molecule has 8 atom stereocenters. The predicted octanol–water partition coefficient (Wildman–Crippen LogP) is 3.14. The zero-order valence-electron chi connectivity index (χ0n) is 16.5. The Morgan fingerprint density at radius 1 is 1.36 bits per heavy atom. The number of Topliss-reactive ketones (excluding diaryl/α,β-unsaturated/α-hetero) is 1. The van der Waals surface area contributed by atoms with E-state index in [0.717, 1.165) is 5.57 Å². The molecule has 4 nitrogen and oxygen atoms in total. The molecule has 0 aromatic rings. The lowest BCUT2D eigenvalue weighted by Gasteiger charge is -2.62. The summed E-state index contributed by atoms with van der Waals surface area (Å²) in [5.74, 6) is -2.03. The zero-order valence-corrected chi connectivity index (χ0v) is 17.3. The fourth-order valence-electron chi connectivity index (χ4n) is 7.24. The Bertz CT molecular complexity index is 808. The number of fused-ring (bicyclic) bond motifs is 5. The first-order chi connectivity index (χ1) is 13.0. The molecule has 4 rings (SSSR count). The zero-order chi connectivity index (χ0) is 20.7. The summed E-state index contributed by atoms with van der Waals surface area (Å²) in [5.41, 5.74) is -4.90. The summed E-state index contributed by atoms with van der Waals surface area (Å²) in [6.45, 7) is 5.38. The van der Waals surface area contributed by atoms with Crippen molar-refractivity contribution >= 4 is 23.2 Å². The smallest absolute Gasteiger partial charge is 0.179 e. The van der Waals surface area contributed by atoms with Gasteiger partial charge in [-0.2, -0.15) is 0 Å². The number of ketones is 2. The molecule has 4 aliphatic rings. The van der Waals surface area contributed by atoms with E-state index in [0.29, 0.717) is 19.3 Å². The molecule has 3 fully saturated rings. The standard InChI is InChI=1S/C22H28ClFO4/c1-12-8-16-15-5-4-13-9-14(25)6-7-19(13,2)21(15,24)17(26)10-20(16,3)22(12,28)18(27)11-23/h6-7,9,12,15-17,26,28H,4-5,8,10-11H2,1-3H3/t12?,15-,16-,17?,19-,20-,21?,22-/m0/s1. The maximum Gasteiger partial charge on any atom is 0.179 e. The van der Waals surface area contributed by atoms with Gasteiger partial charge in [0, 0.05) is 16.7 Å². The molecule has 0 amide bonds. The summed E-state index contributed by atoms with van der Waals surface area (Å²) in [7, 11) is 0. The quantitative estimate of drug-likeness (QED) is 0.686. The summed E-state index contributed by atoms with van der Waals surface area (Å²) < 4.78 is 16.9. The molecule has 3 saturated carbocycles. The molecule has 0 aromatic carbocycles. The van der Waals surface area contributed by atoms with Crippen molar-refractivity contribution < 1.29 is 24.2 Å². The van der Waals surface area contributed by atoms with Gasteiger partial charge in [-0.1, -0.05) is 25.5 Å². The van der Waals surface area contributed by atoms with Gasteiger partial charge in [0.1, 0.15) is 5.60 Å². The van der Waals surface area contributed by atoms with Crippen molar-refractivity contribution in [1.82, 2.24) is 0 Å². The number of aliphatic hydroxyl groups is 2. The summed E-state index contributed by atoms with van der Waals surface area (Å²) in [5, 5.41) is 22.6. The molecule has 0 radical (unpaired) electrons. The Kier molecular flexibility index (Phi) is 4.33. The van der Waals surface area contributed by atoms with Crippen LogP contribution < -0.4 is 0 Å². The Morgan fingerprint density at radius 3 is 2.68 bits per heavy atom. The van der Waals surface area contributed by atoms with Crippen LogP contribution in [0.2, 0.25) is 0 Å². The minimum atomic E-state index is -1.95.